The van der Waals surface area contributed by atoms with Crippen LogP contribution in [-0.2, 0) is 11.8 Å². The predicted molar refractivity (Wildman–Crippen MR) is 84.3 cm³/mol. The van der Waals surface area contributed by atoms with Crippen LogP contribution in [0.25, 0.3) is 0 Å². The second-order valence-corrected chi connectivity index (χ2v) is 7.70. The average molecular weight is 273 g/mol. The van der Waals surface area contributed by atoms with Crippen LogP contribution in [0, 0.1) is 20.8 Å². The minimum atomic E-state index is 0.214. The summed E-state index contributed by atoms with van der Waals surface area (Å²) in [5.74, 6) is 0. The zero-order valence-electron chi connectivity index (χ0n) is 12.8. The lowest BCUT2D eigenvalue weighted by atomic mass is 9.83. The number of nitrogens with zero attached hydrogens (tertiary/aromatic N) is 1. The number of aryl methyl sites for hydroxylation is 3. The fraction of sp³-hybridized carbons (Fsp3) is 0.471. The van der Waals surface area contributed by atoms with Gasteiger partial charge in [0.25, 0.3) is 0 Å². The maximum atomic E-state index is 4.48. The van der Waals surface area contributed by atoms with Crippen LogP contribution >= 0.6 is 11.3 Å². The van der Waals surface area contributed by atoms with Gasteiger partial charge in [0.1, 0.15) is 0 Å². The summed E-state index contributed by atoms with van der Waals surface area (Å²) >= 11 is 1.80. The highest BCUT2D eigenvalue weighted by Gasteiger charge is 2.16. The maximum Gasteiger partial charge on any atom is 0.0971 e. The zero-order valence-corrected chi connectivity index (χ0v) is 13.6. The molecule has 0 aliphatic heterocycles. The molecule has 1 nitrogen and oxygen atoms in total. The second-order valence-electron chi connectivity index (χ2n) is 6.38. The minimum Gasteiger partial charge on any atom is -0.249 e. The van der Waals surface area contributed by atoms with E-state index in [-0.39, 0.29) is 5.41 Å². The Morgan fingerprint density at radius 1 is 1.05 bits per heavy atom. The molecule has 102 valence electrons. The van der Waals surface area contributed by atoms with E-state index >= 15 is 0 Å². The summed E-state index contributed by atoms with van der Waals surface area (Å²) in [6, 6.07) is 4.67. The van der Waals surface area contributed by atoms with Crippen LogP contribution in [0.5, 0.6) is 0 Å². The van der Waals surface area contributed by atoms with Gasteiger partial charge in [-0.15, -0.1) is 11.3 Å². The van der Waals surface area contributed by atoms with Crippen molar-refractivity contribution in [2.24, 2.45) is 0 Å². The first-order valence-electron chi connectivity index (χ1n) is 6.79. The Morgan fingerprint density at radius 2 is 1.63 bits per heavy atom. The van der Waals surface area contributed by atoms with Gasteiger partial charge in [0.2, 0.25) is 0 Å². The lowest BCUT2D eigenvalue weighted by Gasteiger charge is -2.22. The van der Waals surface area contributed by atoms with Crippen molar-refractivity contribution in [3.05, 3.63) is 50.5 Å². The molecular weight excluding hydrogens is 250 g/mol. The van der Waals surface area contributed by atoms with Crippen molar-refractivity contribution in [3.8, 4) is 0 Å². The molecule has 19 heavy (non-hydrogen) atoms. The van der Waals surface area contributed by atoms with Crippen molar-refractivity contribution < 1.29 is 0 Å². The van der Waals surface area contributed by atoms with E-state index in [1.165, 1.54) is 32.1 Å². The summed E-state index contributed by atoms with van der Waals surface area (Å²) in [4.78, 5) is 5.77. The van der Waals surface area contributed by atoms with Gasteiger partial charge in [-0.05, 0) is 48.4 Å². The van der Waals surface area contributed by atoms with Crippen LogP contribution in [0.2, 0.25) is 0 Å². The van der Waals surface area contributed by atoms with Gasteiger partial charge >= 0.3 is 0 Å². The smallest absolute Gasteiger partial charge is 0.0971 e. The summed E-state index contributed by atoms with van der Waals surface area (Å²) in [5, 5.41) is 1.22. The van der Waals surface area contributed by atoms with E-state index in [1.807, 2.05) is 6.20 Å². The Kier molecular flexibility index (Phi) is 3.82. The molecule has 2 rings (SSSR count). The SMILES string of the molecule is Cc1cnc(Cc2c(C)cc(C(C)(C)C)cc2C)s1. The third-order valence-electron chi connectivity index (χ3n) is 3.56. The predicted octanol–water partition coefficient (Wildman–Crippen LogP) is 4.96. The van der Waals surface area contributed by atoms with Gasteiger partial charge in [-0.1, -0.05) is 32.9 Å². The first-order valence-corrected chi connectivity index (χ1v) is 7.61. The molecule has 0 amide bonds. The lowest BCUT2D eigenvalue weighted by Crippen LogP contribution is -2.12. The van der Waals surface area contributed by atoms with Crippen LogP contribution < -0.4 is 0 Å². The fourth-order valence-corrected chi connectivity index (χ4v) is 3.14. The first-order chi connectivity index (χ1) is 8.77. The highest BCUT2D eigenvalue weighted by atomic mass is 32.1. The molecule has 1 heterocycles. The molecular formula is C17H23NS. The maximum absolute atomic E-state index is 4.48. The van der Waals surface area contributed by atoms with Crippen molar-refractivity contribution in [3.63, 3.8) is 0 Å². The molecule has 2 heteroatoms. The molecule has 1 aromatic heterocycles. The van der Waals surface area contributed by atoms with Crippen molar-refractivity contribution in [2.45, 2.75) is 53.4 Å². The van der Waals surface area contributed by atoms with Crippen molar-refractivity contribution in [1.82, 2.24) is 4.98 Å². The molecule has 0 atom stereocenters. The monoisotopic (exact) mass is 273 g/mol. The van der Waals surface area contributed by atoms with Crippen LogP contribution in [0.15, 0.2) is 18.3 Å². The molecule has 1 aromatic carbocycles. The number of aromatic nitrogens is 1. The van der Waals surface area contributed by atoms with E-state index in [0.29, 0.717) is 0 Å². The van der Waals surface area contributed by atoms with E-state index < -0.39 is 0 Å². The number of hydrogen-bond donors (Lipinski definition) is 0. The summed E-state index contributed by atoms with van der Waals surface area (Å²) in [6.45, 7) is 13.4. The van der Waals surface area contributed by atoms with E-state index in [2.05, 4.69) is 58.7 Å². The van der Waals surface area contributed by atoms with Gasteiger partial charge in [-0.3, -0.25) is 0 Å². The Morgan fingerprint density at radius 3 is 2.05 bits per heavy atom. The first kappa shape index (κ1) is 14.3. The van der Waals surface area contributed by atoms with Crippen molar-refractivity contribution >= 4 is 11.3 Å². The van der Waals surface area contributed by atoms with E-state index in [4.69, 9.17) is 0 Å². The van der Waals surface area contributed by atoms with E-state index in [9.17, 15) is 0 Å². The Labute approximate surface area is 120 Å². The summed E-state index contributed by atoms with van der Waals surface area (Å²) < 4.78 is 0. The second kappa shape index (κ2) is 5.09. The number of thiazole rings is 1. The molecule has 0 spiro atoms. The van der Waals surface area contributed by atoms with E-state index in [1.54, 1.807) is 11.3 Å². The number of benzene rings is 1. The zero-order chi connectivity index (χ0) is 14.2. The molecule has 0 saturated carbocycles. The van der Waals surface area contributed by atoms with Crippen molar-refractivity contribution in [2.75, 3.05) is 0 Å². The molecule has 0 aliphatic carbocycles. The van der Waals surface area contributed by atoms with Gasteiger partial charge in [-0.2, -0.15) is 0 Å². The Hall–Kier alpha value is -1.15. The van der Waals surface area contributed by atoms with Gasteiger partial charge < -0.3 is 0 Å². The van der Waals surface area contributed by atoms with Crippen LogP contribution in [0.1, 0.15) is 52.9 Å². The quantitative estimate of drug-likeness (QED) is 0.754. The highest BCUT2D eigenvalue weighted by molar-refractivity contribution is 7.11. The van der Waals surface area contributed by atoms with Crippen molar-refractivity contribution in [1.29, 1.82) is 0 Å². The van der Waals surface area contributed by atoms with Gasteiger partial charge in [0.15, 0.2) is 0 Å². The normalized spacial score (nSPS) is 11.9. The summed E-state index contributed by atoms with van der Waals surface area (Å²) in [5.41, 5.74) is 5.84. The molecule has 0 bridgehead atoms. The van der Waals surface area contributed by atoms with Crippen LogP contribution in [-0.4, -0.2) is 4.98 Å². The lowest BCUT2D eigenvalue weighted by molar-refractivity contribution is 0.589. The molecule has 0 saturated heterocycles. The largest absolute Gasteiger partial charge is 0.249 e. The van der Waals surface area contributed by atoms with Gasteiger partial charge in [0.05, 0.1) is 5.01 Å². The highest BCUT2D eigenvalue weighted by Crippen LogP contribution is 2.28. The minimum absolute atomic E-state index is 0.214. The van der Waals surface area contributed by atoms with Crippen LogP contribution in [0.3, 0.4) is 0 Å². The fourth-order valence-electron chi connectivity index (χ4n) is 2.34. The van der Waals surface area contributed by atoms with Gasteiger partial charge in [-0.25, -0.2) is 4.98 Å². The average Bonchev–Trinajstić information content (AvgIpc) is 2.68. The molecule has 0 aliphatic rings. The third-order valence-corrected chi connectivity index (χ3v) is 4.47. The molecule has 2 aromatic rings. The number of hydrogen-bond acceptors (Lipinski definition) is 2. The number of rotatable bonds is 2. The topological polar surface area (TPSA) is 12.9 Å². The summed E-state index contributed by atoms with van der Waals surface area (Å²) in [7, 11) is 0. The molecule has 0 unspecified atom stereocenters. The molecule has 0 N–H and O–H groups in total. The van der Waals surface area contributed by atoms with E-state index in [0.717, 1.165) is 6.42 Å². The molecule has 0 fully saturated rings. The Balaban J connectivity index is 2.37. The Bertz CT molecular complexity index is 565. The summed E-state index contributed by atoms with van der Waals surface area (Å²) in [6.07, 6.45) is 2.93. The third kappa shape index (κ3) is 3.24. The molecule has 0 radical (unpaired) electrons. The van der Waals surface area contributed by atoms with Crippen LogP contribution in [0.4, 0.5) is 0 Å². The standard InChI is InChI=1S/C17H23NS/c1-11-7-14(17(4,5)6)8-12(2)15(11)9-16-18-10-13(3)19-16/h7-8,10H,9H2,1-6H3. The van der Waals surface area contributed by atoms with Gasteiger partial charge in [0, 0.05) is 17.5 Å².